The Bertz CT molecular complexity index is 1240. The van der Waals surface area contributed by atoms with Crippen LogP contribution in [0, 0.1) is 12.3 Å². The Morgan fingerprint density at radius 1 is 0.933 bits per heavy atom. The van der Waals surface area contributed by atoms with Crippen LogP contribution in [0.15, 0.2) is 54.6 Å². The van der Waals surface area contributed by atoms with E-state index in [0.717, 1.165) is 63.4 Å². The van der Waals surface area contributed by atoms with Crippen molar-refractivity contribution in [2.24, 2.45) is 0 Å². The Kier molecular flexibility index (Phi) is 14.5. The minimum absolute atomic E-state index is 0.0738. The zero-order valence-electron chi connectivity index (χ0n) is 27.8. The van der Waals surface area contributed by atoms with Crippen molar-refractivity contribution in [3.8, 4) is 12.3 Å². The number of carbonyl (C=O) groups is 3. The number of rotatable bonds is 15. The summed E-state index contributed by atoms with van der Waals surface area (Å²) in [6.07, 6.45) is 16.6. The van der Waals surface area contributed by atoms with Crippen LogP contribution >= 0.6 is 0 Å². The topological polar surface area (TPSA) is 87.7 Å². The molecule has 2 aromatic carbocycles. The first-order chi connectivity index (χ1) is 21.6. The van der Waals surface area contributed by atoms with Crippen LogP contribution < -0.4 is 10.6 Å². The second-order valence-electron chi connectivity index (χ2n) is 13.2. The minimum atomic E-state index is -0.933. The number of ether oxygens (including phenoxy) is 1. The smallest absolute Gasteiger partial charge is 0.408 e. The number of carbonyl (C=O) groups excluding carboxylic acids is 3. The van der Waals surface area contributed by atoms with Crippen molar-refractivity contribution >= 4 is 17.9 Å². The summed E-state index contributed by atoms with van der Waals surface area (Å²) in [6.45, 7) is 7.93. The van der Waals surface area contributed by atoms with Gasteiger partial charge in [0.2, 0.25) is 11.8 Å². The summed E-state index contributed by atoms with van der Waals surface area (Å²) in [6, 6.07) is 15.2. The van der Waals surface area contributed by atoms with Crippen molar-refractivity contribution in [3.05, 3.63) is 71.3 Å². The molecule has 7 nitrogen and oxygen atoms in total. The Labute approximate surface area is 270 Å². The van der Waals surface area contributed by atoms with E-state index >= 15 is 0 Å². The predicted molar refractivity (Wildman–Crippen MR) is 181 cm³/mol. The van der Waals surface area contributed by atoms with E-state index in [0.29, 0.717) is 17.7 Å². The van der Waals surface area contributed by atoms with Gasteiger partial charge in [-0.15, -0.1) is 6.42 Å². The summed E-state index contributed by atoms with van der Waals surface area (Å²) in [4.78, 5) is 43.6. The molecular weight excluding hydrogens is 562 g/mol. The van der Waals surface area contributed by atoms with Crippen LogP contribution in [0.1, 0.15) is 121 Å². The second-order valence-corrected chi connectivity index (χ2v) is 13.2. The maximum absolute atomic E-state index is 14.7. The van der Waals surface area contributed by atoms with Gasteiger partial charge in [0.15, 0.2) is 0 Å². The van der Waals surface area contributed by atoms with Crippen LogP contribution in [0.25, 0.3) is 0 Å². The lowest BCUT2D eigenvalue weighted by Gasteiger charge is -2.36. The highest BCUT2D eigenvalue weighted by Gasteiger charge is 2.37. The number of terminal acetylenes is 1. The van der Waals surface area contributed by atoms with Gasteiger partial charge in [0.1, 0.15) is 17.7 Å². The van der Waals surface area contributed by atoms with Crippen molar-refractivity contribution in [1.29, 1.82) is 0 Å². The van der Waals surface area contributed by atoms with E-state index < -0.39 is 23.8 Å². The number of hydrogen-bond donors (Lipinski definition) is 2. The molecule has 3 amide bonds. The first-order valence-electron chi connectivity index (χ1n) is 16.8. The quantitative estimate of drug-likeness (QED) is 0.161. The van der Waals surface area contributed by atoms with Gasteiger partial charge in [-0.2, -0.15) is 0 Å². The average molecular weight is 616 g/mol. The zero-order valence-corrected chi connectivity index (χ0v) is 27.8. The molecule has 7 heteroatoms. The minimum Gasteiger partial charge on any atom is -0.444 e. The number of hydrogen-bond acceptors (Lipinski definition) is 4. The van der Waals surface area contributed by atoms with E-state index in [1.807, 2.05) is 54.6 Å². The molecule has 0 aromatic heterocycles. The number of nitrogens with zero attached hydrogens (tertiary/aromatic N) is 1. The Balaban J connectivity index is 2.00. The molecule has 0 heterocycles. The molecule has 3 rings (SSSR count). The fourth-order valence-electron chi connectivity index (χ4n) is 5.89. The van der Waals surface area contributed by atoms with Crippen LogP contribution in [0.2, 0.25) is 0 Å². The molecular formula is C38H53N3O4. The Morgan fingerprint density at radius 2 is 1.58 bits per heavy atom. The van der Waals surface area contributed by atoms with Crippen LogP contribution in [-0.2, 0) is 20.7 Å². The number of nitrogens with one attached hydrogen (secondary N) is 2. The van der Waals surface area contributed by atoms with Gasteiger partial charge in [0.25, 0.3) is 0 Å². The first-order valence-corrected chi connectivity index (χ1v) is 16.8. The van der Waals surface area contributed by atoms with Gasteiger partial charge in [-0.1, -0.05) is 107 Å². The molecule has 1 fully saturated rings. The van der Waals surface area contributed by atoms with E-state index in [-0.39, 0.29) is 24.3 Å². The van der Waals surface area contributed by atoms with Crippen molar-refractivity contribution in [3.63, 3.8) is 0 Å². The van der Waals surface area contributed by atoms with E-state index in [4.69, 9.17) is 11.2 Å². The van der Waals surface area contributed by atoms with Crippen molar-refractivity contribution in [2.75, 3.05) is 6.54 Å². The molecule has 0 aliphatic heterocycles. The summed E-state index contributed by atoms with van der Waals surface area (Å²) in [5.41, 5.74) is 1.56. The summed E-state index contributed by atoms with van der Waals surface area (Å²) in [5, 5.41) is 6.13. The predicted octanol–water partition coefficient (Wildman–Crippen LogP) is 7.48. The number of amides is 3. The van der Waals surface area contributed by atoms with E-state index in [1.165, 1.54) is 12.8 Å². The normalized spacial score (nSPS) is 14.9. The van der Waals surface area contributed by atoms with Crippen molar-refractivity contribution in [2.45, 2.75) is 128 Å². The third kappa shape index (κ3) is 12.3. The van der Waals surface area contributed by atoms with Crippen LogP contribution in [0.3, 0.4) is 0 Å². The lowest BCUT2D eigenvalue weighted by Crippen LogP contribution is -2.54. The van der Waals surface area contributed by atoms with Gasteiger partial charge < -0.3 is 20.3 Å². The fourth-order valence-corrected chi connectivity index (χ4v) is 5.89. The molecule has 2 aromatic rings. The third-order valence-corrected chi connectivity index (χ3v) is 8.21. The molecule has 0 saturated heterocycles. The SMILES string of the molecule is C#Cc1ccc(C(C(=O)NC2CCCCC2)N(CCCCCCCC)C(=O)C(Cc2ccccc2)NC(=O)OC(C)(C)C)cc1. The highest BCUT2D eigenvalue weighted by Crippen LogP contribution is 2.27. The van der Waals surface area contributed by atoms with Gasteiger partial charge in [-0.05, 0) is 63.3 Å². The van der Waals surface area contributed by atoms with E-state index in [9.17, 15) is 14.4 Å². The molecule has 2 N–H and O–H groups in total. The summed E-state index contributed by atoms with van der Waals surface area (Å²) < 4.78 is 5.57. The lowest BCUT2D eigenvalue weighted by atomic mass is 9.94. The molecule has 0 spiro atoms. The van der Waals surface area contributed by atoms with Crippen molar-refractivity contribution in [1.82, 2.24) is 15.5 Å². The largest absolute Gasteiger partial charge is 0.444 e. The molecule has 0 bridgehead atoms. The second kappa shape index (κ2) is 18.2. The van der Waals surface area contributed by atoms with Gasteiger partial charge in [0.05, 0.1) is 0 Å². The molecule has 1 saturated carbocycles. The molecule has 244 valence electrons. The van der Waals surface area contributed by atoms with Crippen LogP contribution in [0.5, 0.6) is 0 Å². The average Bonchev–Trinajstić information content (AvgIpc) is 3.01. The summed E-state index contributed by atoms with van der Waals surface area (Å²) in [7, 11) is 0. The number of unbranched alkanes of at least 4 members (excludes halogenated alkanes) is 5. The Hall–Kier alpha value is -3.79. The number of alkyl carbamates (subject to hydrolysis) is 1. The Morgan fingerprint density at radius 3 is 2.20 bits per heavy atom. The van der Waals surface area contributed by atoms with Gasteiger partial charge >= 0.3 is 6.09 Å². The van der Waals surface area contributed by atoms with Gasteiger partial charge in [-0.25, -0.2) is 4.79 Å². The molecule has 1 aliphatic carbocycles. The van der Waals surface area contributed by atoms with Gasteiger partial charge in [-0.3, -0.25) is 9.59 Å². The maximum Gasteiger partial charge on any atom is 0.408 e. The molecule has 0 radical (unpaired) electrons. The van der Waals surface area contributed by atoms with E-state index in [2.05, 4.69) is 23.5 Å². The van der Waals surface area contributed by atoms with Crippen molar-refractivity contribution < 1.29 is 19.1 Å². The van der Waals surface area contributed by atoms with Crippen LogP contribution in [-0.4, -0.2) is 47.0 Å². The molecule has 45 heavy (non-hydrogen) atoms. The molecule has 2 unspecified atom stereocenters. The van der Waals surface area contributed by atoms with Crippen LogP contribution in [0.4, 0.5) is 4.79 Å². The monoisotopic (exact) mass is 615 g/mol. The van der Waals surface area contributed by atoms with Gasteiger partial charge in [0, 0.05) is 24.6 Å². The first kappa shape index (κ1) is 35.7. The standard InChI is InChI=1S/C38H53N3O4/c1-6-8-9-10-11-18-27-41(36(43)33(28-30-19-14-12-15-20-30)40-37(44)45-38(3,4)5)34(31-25-23-29(7-2)24-26-31)35(42)39-32-21-16-13-17-22-32/h2,12,14-15,19-20,23-26,32-34H,6,8-11,13,16-18,21-22,27-28H2,1,3-5H3,(H,39,42)(H,40,44). The summed E-state index contributed by atoms with van der Waals surface area (Å²) in [5.74, 6) is 2.12. The summed E-state index contributed by atoms with van der Waals surface area (Å²) >= 11 is 0. The fraction of sp³-hybridized carbons (Fsp3) is 0.553. The molecule has 2 atom stereocenters. The van der Waals surface area contributed by atoms with E-state index in [1.54, 1.807) is 25.7 Å². The number of benzene rings is 2. The zero-order chi connectivity index (χ0) is 32.7. The third-order valence-electron chi connectivity index (χ3n) is 8.21. The maximum atomic E-state index is 14.7. The lowest BCUT2D eigenvalue weighted by molar-refractivity contribution is -0.143. The highest BCUT2D eigenvalue weighted by molar-refractivity contribution is 5.92. The highest BCUT2D eigenvalue weighted by atomic mass is 16.6. The molecule has 1 aliphatic rings.